The first-order valence-electron chi connectivity index (χ1n) is 21.9. The molecule has 1 aromatic carbocycles. The van der Waals surface area contributed by atoms with Crippen molar-refractivity contribution in [1.29, 1.82) is 0 Å². The number of nitrogens with one attached hydrogen (secondary N) is 1. The van der Waals surface area contributed by atoms with E-state index >= 15 is 0 Å². The average Bonchev–Trinajstić information content (AvgIpc) is 3.59. The monoisotopic (exact) mass is 862 g/mol. The van der Waals surface area contributed by atoms with E-state index in [1.54, 1.807) is 10.9 Å². The van der Waals surface area contributed by atoms with Crippen LogP contribution in [0.3, 0.4) is 0 Å². The Hall–Kier alpha value is -1.17. The molecule has 2 aromatic rings. The van der Waals surface area contributed by atoms with Gasteiger partial charge in [0.25, 0.3) is 0 Å². The lowest BCUT2D eigenvalue weighted by molar-refractivity contribution is -0.128. The highest BCUT2D eigenvalue weighted by atomic mass is 28.4. The standard InChI is InChI=1S/C44H87N5O4Si4/c1-41(2,3)54(13,14)50-34-37-39(52-56(17,18)43(7,8)9)40(53-57(19,20)44(10,11)12)38(51-55(15,16)42(4,5)6)33-48(37)31-24-22-21-23-29-45-35-25-27-36(28-26-35)49-32-30-46-47-49/h25-28,30,32,37-40,45H,21-24,29,31,33-34H2,1-20H3/t37-,38?,39?,40?/m1/s1. The Morgan fingerprint density at radius 1 is 0.632 bits per heavy atom. The summed E-state index contributed by atoms with van der Waals surface area (Å²) in [5, 5.41) is 11.9. The van der Waals surface area contributed by atoms with Gasteiger partial charge in [0.1, 0.15) is 0 Å². The van der Waals surface area contributed by atoms with Gasteiger partial charge in [0.2, 0.25) is 0 Å². The number of likely N-dealkylation sites (tertiary alicyclic amines) is 1. The van der Waals surface area contributed by atoms with E-state index in [0.717, 1.165) is 43.9 Å². The van der Waals surface area contributed by atoms with Crippen LogP contribution in [-0.2, 0) is 17.7 Å². The molecule has 1 N–H and O–H groups in total. The van der Waals surface area contributed by atoms with Gasteiger partial charge >= 0.3 is 0 Å². The van der Waals surface area contributed by atoms with Gasteiger partial charge in [-0.3, -0.25) is 4.90 Å². The lowest BCUT2D eigenvalue weighted by Crippen LogP contribution is -2.70. The van der Waals surface area contributed by atoms with Crippen LogP contribution in [0.2, 0.25) is 72.5 Å². The van der Waals surface area contributed by atoms with Crippen LogP contribution >= 0.6 is 0 Å². The van der Waals surface area contributed by atoms with Crippen LogP contribution in [0.1, 0.15) is 109 Å². The Labute approximate surface area is 354 Å². The fourth-order valence-corrected chi connectivity index (χ4v) is 11.1. The topological polar surface area (TPSA) is 82.9 Å². The average molecular weight is 863 g/mol. The minimum Gasteiger partial charge on any atom is -0.415 e. The smallest absolute Gasteiger partial charge is 0.192 e. The molecule has 328 valence electrons. The van der Waals surface area contributed by atoms with Crippen LogP contribution < -0.4 is 5.32 Å². The van der Waals surface area contributed by atoms with Gasteiger partial charge in [0.05, 0.1) is 49.0 Å². The van der Waals surface area contributed by atoms with E-state index in [1.165, 1.54) is 12.8 Å². The largest absolute Gasteiger partial charge is 0.415 e. The van der Waals surface area contributed by atoms with Crippen molar-refractivity contribution < 1.29 is 17.7 Å². The van der Waals surface area contributed by atoms with Crippen LogP contribution in [0.4, 0.5) is 5.69 Å². The Bertz CT molecular complexity index is 1510. The molecule has 0 amide bonds. The molecule has 1 aliphatic rings. The fraction of sp³-hybridized carbons (Fsp3) is 0.818. The number of rotatable bonds is 18. The highest BCUT2D eigenvalue weighted by Crippen LogP contribution is 2.46. The molecule has 1 aromatic heterocycles. The second-order valence-electron chi connectivity index (χ2n) is 23.0. The predicted octanol–water partition coefficient (Wildman–Crippen LogP) is 12.1. The van der Waals surface area contributed by atoms with E-state index in [-0.39, 0.29) is 44.5 Å². The second kappa shape index (κ2) is 18.8. The van der Waals surface area contributed by atoms with Crippen molar-refractivity contribution in [3.05, 3.63) is 36.7 Å². The summed E-state index contributed by atoms with van der Waals surface area (Å²) in [5.41, 5.74) is 2.14. The molecular weight excluding hydrogens is 775 g/mol. The number of hydrogen-bond donors (Lipinski definition) is 1. The minimum absolute atomic E-state index is 0.0464. The van der Waals surface area contributed by atoms with Crippen LogP contribution in [-0.4, -0.2) is 104 Å². The molecule has 57 heavy (non-hydrogen) atoms. The molecular formula is C44H87N5O4Si4. The van der Waals surface area contributed by atoms with Crippen molar-refractivity contribution in [3.63, 3.8) is 0 Å². The Balaban J connectivity index is 1.93. The van der Waals surface area contributed by atoms with Gasteiger partial charge in [-0.1, -0.05) is 101 Å². The van der Waals surface area contributed by atoms with Crippen LogP contribution in [0.25, 0.3) is 5.69 Å². The summed E-state index contributed by atoms with van der Waals surface area (Å²) in [5.74, 6) is 0. The minimum atomic E-state index is -2.26. The molecule has 1 saturated heterocycles. The van der Waals surface area contributed by atoms with E-state index < -0.39 is 33.3 Å². The van der Waals surface area contributed by atoms with Crippen molar-refractivity contribution >= 4 is 39.0 Å². The van der Waals surface area contributed by atoms with E-state index in [0.29, 0.717) is 6.61 Å². The highest BCUT2D eigenvalue weighted by molar-refractivity contribution is 6.75. The maximum atomic E-state index is 7.72. The maximum absolute atomic E-state index is 7.72. The van der Waals surface area contributed by atoms with Crippen LogP contribution in [0.5, 0.6) is 0 Å². The second-order valence-corrected chi connectivity index (χ2v) is 42.0. The van der Waals surface area contributed by atoms with E-state index in [4.69, 9.17) is 17.7 Å². The third-order valence-electron chi connectivity index (χ3n) is 14.4. The molecule has 0 bridgehead atoms. The summed E-state index contributed by atoms with van der Waals surface area (Å²) in [6, 6.07) is 8.46. The van der Waals surface area contributed by atoms with Gasteiger partial charge in [-0.25, -0.2) is 4.68 Å². The fourth-order valence-electron chi connectivity index (χ4n) is 6.16. The summed E-state index contributed by atoms with van der Waals surface area (Å²) >= 11 is 0. The lowest BCUT2D eigenvalue weighted by atomic mass is 9.94. The SMILES string of the molecule is CC(C)(C)[Si](C)(C)OC[C@@H]1C(O[Si](C)(C)C(C)(C)C)C(O[Si](C)(C)C(C)(C)C)C(O[Si](C)(C)C(C)(C)C)CN1CCCCCCNc1ccc(-n2ccnn2)cc1. The number of anilines is 1. The Morgan fingerprint density at radius 3 is 1.61 bits per heavy atom. The first-order chi connectivity index (χ1) is 25.8. The first-order valence-corrected chi connectivity index (χ1v) is 33.6. The zero-order valence-corrected chi connectivity index (χ0v) is 44.4. The van der Waals surface area contributed by atoms with Gasteiger partial charge in [-0.15, -0.1) is 5.10 Å². The maximum Gasteiger partial charge on any atom is 0.192 e. The van der Waals surface area contributed by atoms with E-state index in [1.807, 2.05) is 6.20 Å². The van der Waals surface area contributed by atoms with Gasteiger partial charge in [-0.05, 0) is 116 Å². The zero-order chi connectivity index (χ0) is 43.5. The lowest BCUT2D eigenvalue weighted by Gasteiger charge is -2.56. The zero-order valence-electron chi connectivity index (χ0n) is 40.4. The highest BCUT2D eigenvalue weighted by Gasteiger charge is 2.55. The van der Waals surface area contributed by atoms with Gasteiger partial charge in [0, 0.05) is 18.8 Å². The molecule has 0 saturated carbocycles. The normalized spacial score (nSPS) is 21.3. The molecule has 4 atom stereocenters. The number of nitrogens with zero attached hydrogens (tertiary/aromatic N) is 4. The summed E-state index contributed by atoms with van der Waals surface area (Å²) in [4.78, 5) is 2.71. The predicted molar refractivity (Wildman–Crippen MR) is 253 cm³/mol. The van der Waals surface area contributed by atoms with Gasteiger partial charge in [-0.2, -0.15) is 0 Å². The van der Waals surface area contributed by atoms with Crippen molar-refractivity contribution in [2.45, 2.75) is 206 Å². The number of piperidine rings is 1. The summed E-state index contributed by atoms with van der Waals surface area (Å²) in [6.45, 7) is 50.8. The molecule has 3 rings (SSSR count). The molecule has 0 spiro atoms. The molecule has 0 radical (unpaired) electrons. The quantitative estimate of drug-likeness (QED) is 0.117. The molecule has 13 heteroatoms. The summed E-state index contributed by atoms with van der Waals surface area (Å²) in [6.07, 6.45) is 7.74. The van der Waals surface area contributed by atoms with Crippen molar-refractivity contribution in [3.8, 4) is 5.69 Å². The number of unbranched alkanes of at least 4 members (excludes halogenated alkanes) is 3. The molecule has 0 aliphatic carbocycles. The Kier molecular flexibility index (Phi) is 16.6. The Morgan fingerprint density at radius 2 is 1.12 bits per heavy atom. The molecule has 1 fully saturated rings. The number of hydrogen-bond acceptors (Lipinski definition) is 8. The van der Waals surface area contributed by atoms with Crippen molar-refractivity contribution in [2.75, 3.05) is 31.6 Å². The van der Waals surface area contributed by atoms with E-state index in [9.17, 15) is 0 Å². The third-order valence-corrected chi connectivity index (χ3v) is 32.3. The van der Waals surface area contributed by atoms with Crippen LogP contribution in [0.15, 0.2) is 36.7 Å². The van der Waals surface area contributed by atoms with Crippen molar-refractivity contribution in [1.82, 2.24) is 19.9 Å². The summed E-state index contributed by atoms with van der Waals surface area (Å²) < 4.78 is 31.9. The van der Waals surface area contributed by atoms with Gasteiger partial charge in [0.15, 0.2) is 33.3 Å². The number of benzene rings is 1. The molecule has 2 heterocycles. The van der Waals surface area contributed by atoms with Gasteiger partial charge < -0.3 is 23.0 Å². The molecule has 3 unspecified atom stereocenters. The van der Waals surface area contributed by atoms with E-state index in [2.05, 4.69) is 180 Å². The summed E-state index contributed by atoms with van der Waals surface area (Å²) in [7, 11) is -8.73. The molecule has 1 aliphatic heterocycles. The van der Waals surface area contributed by atoms with Crippen LogP contribution in [0, 0.1) is 0 Å². The number of aromatic nitrogens is 3. The third kappa shape index (κ3) is 13.4. The molecule has 9 nitrogen and oxygen atoms in total. The first kappa shape index (κ1) is 50.2. The van der Waals surface area contributed by atoms with Crippen molar-refractivity contribution in [2.24, 2.45) is 0 Å².